The van der Waals surface area contributed by atoms with Crippen LogP contribution in [0.4, 0.5) is 0 Å². The van der Waals surface area contributed by atoms with E-state index in [0.717, 1.165) is 0 Å². The maximum atomic E-state index is 12.3. The van der Waals surface area contributed by atoms with Crippen molar-refractivity contribution >= 4 is 5.91 Å². The SMILES string of the molecule is COc1nn(C)cc1C(=O)NCC1(O)CCOc2ccccc21. The van der Waals surface area contributed by atoms with Gasteiger partial charge in [0, 0.05) is 25.2 Å². The van der Waals surface area contributed by atoms with Crippen LogP contribution >= 0.6 is 0 Å². The topological polar surface area (TPSA) is 85.6 Å². The quantitative estimate of drug-likeness (QED) is 0.872. The largest absolute Gasteiger partial charge is 0.493 e. The molecule has 1 amide bonds. The van der Waals surface area contributed by atoms with Crippen LogP contribution in [0.3, 0.4) is 0 Å². The van der Waals surface area contributed by atoms with Crippen LogP contribution in [0.15, 0.2) is 30.5 Å². The maximum absolute atomic E-state index is 12.3. The normalized spacial score (nSPS) is 19.6. The van der Waals surface area contributed by atoms with E-state index in [2.05, 4.69) is 10.4 Å². The van der Waals surface area contributed by atoms with Crippen molar-refractivity contribution in [1.82, 2.24) is 15.1 Å². The Morgan fingerprint density at radius 1 is 1.52 bits per heavy atom. The molecule has 1 aliphatic rings. The van der Waals surface area contributed by atoms with Crippen molar-refractivity contribution in [1.29, 1.82) is 0 Å². The van der Waals surface area contributed by atoms with Crippen LogP contribution in [0.5, 0.6) is 11.6 Å². The summed E-state index contributed by atoms with van der Waals surface area (Å²) < 4.78 is 12.1. The molecule has 122 valence electrons. The molecule has 1 aromatic carbocycles. The number of ether oxygens (including phenoxy) is 2. The standard InChI is InChI=1S/C16H19N3O4/c1-19-9-11(15(18-19)22-2)14(20)17-10-16(21)7-8-23-13-6-4-3-5-12(13)16/h3-6,9,21H,7-8,10H2,1-2H3,(H,17,20). The Hall–Kier alpha value is -2.54. The monoisotopic (exact) mass is 317 g/mol. The number of methoxy groups -OCH3 is 1. The van der Waals surface area contributed by atoms with E-state index in [0.29, 0.717) is 29.9 Å². The highest BCUT2D eigenvalue weighted by atomic mass is 16.5. The molecule has 0 bridgehead atoms. The molecule has 0 fully saturated rings. The molecule has 0 aliphatic carbocycles. The van der Waals surface area contributed by atoms with Gasteiger partial charge in [-0.15, -0.1) is 5.10 Å². The average molecular weight is 317 g/mol. The second-order valence-electron chi connectivity index (χ2n) is 5.53. The number of para-hydroxylation sites is 1. The number of carbonyl (C=O) groups excluding carboxylic acids is 1. The molecule has 2 aromatic rings. The maximum Gasteiger partial charge on any atom is 0.258 e. The minimum absolute atomic E-state index is 0.0876. The molecule has 23 heavy (non-hydrogen) atoms. The average Bonchev–Trinajstić information content (AvgIpc) is 2.94. The summed E-state index contributed by atoms with van der Waals surface area (Å²) in [7, 11) is 3.17. The van der Waals surface area contributed by atoms with E-state index in [1.807, 2.05) is 24.3 Å². The first-order chi connectivity index (χ1) is 11.0. The van der Waals surface area contributed by atoms with Crippen LogP contribution in [-0.4, -0.2) is 41.1 Å². The number of hydrogen-bond donors (Lipinski definition) is 2. The second kappa shape index (κ2) is 5.92. The summed E-state index contributed by atoms with van der Waals surface area (Å²) in [5.74, 6) is 0.561. The third-order valence-corrected chi connectivity index (χ3v) is 3.94. The van der Waals surface area contributed by atoms with Crippen LogP contribution in [0.25, 0.3) is 0 Å². The molecule has 0 spiro atoms. The molecule has 1 atom stereocenters. The molecule has 0 saturated carbocycles. The van der Waals surface area contributed by atoms with Crippen LogP contribution in [-0.2, 0) is 12.6 Å². The molecule has 0 radical (unpaired) electrons. The van der Waals surface area contributed by atoms with E-state index in [4.69, 9.17) is 9.47 Å². The Morgan fingerprint density at radius 2 is 2.30 bits per heavy atom. The fourth-order valence-corrected chi connectivity index (χ4v) is 2.72. The van der Waals surface area contributed by atoms with Gasteiger partial charge in [0.25, 0.3) is 5.91 Å². The van der Waals surface area contributed by atoms with E-state index >= 15 is 0 Å². The third-order valence-electron chi connectivity index (χ3n) is 3.94. The highest BCUT2D eigenvalue weighted by Crippen LogP contribution is 2.36. The fraction of sp³-hybridized carbons (Fsp3) is 0.375. The van der Waals surface area contributed by atoms with Crippen molar-refractivity contribution in [3.8, 4) is 11.6 Å². The summed E-state index contributed by atoms with van der Waals surface area (Å²) in [5, 5.41) is 17.7. The van der Waals surface area contributed by atoms with Crippen molar-refractivity contribution in [3.63, 3.8) is 0 Å². The summed E-state index contributed by atoms with van der Waals surface area (Å²) in [6.07, 6.45) is 1.99. The van der Waals surface area contributed by atoms with Gasteiger partial charge >= 0.3 is 0 Å². The van der Waals surface area contributed by atoms with Crippen LogP contribution in [0.2, 0.25) is 0 Å². The first kappa shape index (κ1) is 15.4. The first-order valence-corrected chi connectivity index (χ1v) is 7.34. The Morgan fingerprint density at radius 3 is 3.09 bits per heavy atom. The number of benzene rings is 1. The fourth-order valence-electron chi connectivity index (χ4n) is 2.72. The van der Waals surface area contributed by atoms with Crippen LogP contribution < -0.4 is 14.8 Å². The van der Waals surface area contributed by atoms with Gasteiger partial charge in [-0.3, -0.25) is 9.48 Å². The molecule has 1 aliphatic heterocycles. The molecular formula is C16H19N3O4. The van der Waals surface area contributed by atoms with E-state index in [9.17, 15) is 9.90 Å². The smallest absolute Gasteiger partial charge is 0.258 e. The molecule has 1 aromatic heterocycles. The van der Waals surface area contributed by atoms with Gasteiger partial charge in [-0.25, -0.2) is 0 Å². The lowest BCUT2D eigenvalue weighted by molar-refractivity contribution is -0.00163. The number of rotatable bonds is 4. The van der Waals surface area contributed by atoms with E-state index < -0.39 is 5.60 Å². The number of amides is 1. The number of aliphatic hydroxyl groups is 1. The van der Waals surface area contributed by atoms with Crippen molar-refractivity contribution < 1.29 is 19.4 Å². The van der Waals surface area contributed by atoms with Crippen molar-refractivity contribution in [2.45, 2.75) is 12.0 Å². The Bertz CT molecular complexity index is 728. The molecule has 2 heterocycles. The zero-order chi connectivity index (χ0) is 16.4. The van der Waals surface area contributed by atoms with Crippen molar-refractivity contribution in [2.75, 3.05) is 20.3 Å². The molecule has 3 rings (SSSR count). The predicted octanol–water partition coefficient (Wildman–Crippen LogP) is 0.829. The molecule has 0 saturated heterocycles. The lowest BCUT2D eigenvalue weighted by Gasteiger charge is -2.34. The van der Waals surface area contributed by atoms with Crippen LogP contribution in [0, 0.1) is 0 Å². The van der Waals surface area contributed by atoms with Gasteiger partial charge in [-0.2, -0.15) is 0 Å². The third kappa shape index (κ3) is 2.87. The summed E-state index contributed by atoms with van der Waals surface area (Å²) in [6, 6.07) is 7.31. The van der Waals surface area contributed by atoms with Gasteiger partial charge in [0.2, 0.25) is 5.88 Å². The van der Waals surface area contributed by atoms with Crippen LogP contribution in [0.1, 0.15) is 22.3 Å². The number of nitrogens with one attached hydrogen (secondary N) is 1. The molecule has 1 unspecified atom stereocenters. The number of hydrogen-bond acceptors (Lipinski definition) is 5. The Labute approximate surface area is 133 Å². The molecule has 7 nitrogen and oxygen atoms in total. The highest BCUT2D eigenvalue weighted by molar-refractivity contribution is 5.96. The Balaban J connectivity index is 1.77. The van der Waals surface area contributed by atoms with Gasteiger partial charge in [-0.1, -0.05) is 18.2 Å². The van der Waals surface area contributed by atoms with E-state index in [1.54, 1.807) is 13.2 Å². The second-order valence-corrected chi connectivity index (χ2v) is 5.53. The summed E-state index contributed by atoms with van der Waals surface area (Å²) in [6.45, 7) is 0.490. The van der Waals surface area contributed by atoms with Crippen molar-refractivity contribution in [2.24, 2.45) is 7.05 Å². The number of fused-ring (bicyclic) bond motifs is 1. The summed E-state index contributed by atoms with van der Waals surface area (Å²) in [4.78, 5) is 12.3. The van der Waals surface area contributed by atoms with Gasteiger partial charge in [-0.05, 0) is 6.07 Å². The minimum atomic E-state index is -1.15. The number of carbonyl (C=O) groups is 1. The first-order valence-electron chi connectivity index (χ1n) is 7.34. The lowest BCUT2D eigenvalue weighted by atomic mass is 9.88. The summed E-state index contributed by atoms with van der Waals surface area (Å²) >= 11 is 0. The molecule has 2 N–H and O–H groups in total. The zero-order valence-electron chi connectivity index (χ0n) is 13.1. The predicted molar refractivity (Wildman–Crippen MR) is 82.5 cm³/mol. The highest BCUT2D eigenvalue weighted by Gasteiger charge is 2.36. The molecular weight excluding hydrogens is 298 g/mol. The van der Waals surface area contributed by atoms with E-state index in [-0.39, 0.29) is 18.3 Å². The van der Waals surface area contributed by atoms with E-state index in [1.165, 1.54) is 11.8 Å². The number of aryl methyl sites for hydroxylation is 1. The Kier molecular flexibility index (Phi) is 3.96. The lowest BCUT2D eigenvalue weighted by Crippen LogP contribution is -2.43. The zero-order valence-corrected chi connectivity index (χ0v) is 13.1. The number of aromatic nitrogens is 2. The van der Waals surface area contributed by atoms with Crippen molar-refractivity contribution in [3.05, 3.63) is 41.6 Å². The van der Waals surface area contributed by atoms with Gasteiger partial charge in [0.05, 0.1) is 20.3 Å². The number of nitrogens with zero attached hydrogens (tertiary/aromatic N) is 2. The minimum Gasteiger partial charge on any atom is -0.493 e. The van der Waals surface area contributed by atoms with Gasteiger partial charge in [0.15, 0.2) is 0 Å². The van der Waals surface area contributed by atoms with Gasteiger partial charge < -0.3 is 19.9 Å². The summed E-state index contributed by atoms with van der Waals surface area (Å²) in [5.41, 5.74) is -0.136. The molecule has 7 heteroatoms. The van der Waals surface area contributed by atoms with Gasteiger partial charge in [0.1, 0.15) is 16.9 Å².